The summed E-state index contributed by atoms with van der Waals surface area (Å²) in [5.41, 5.74) is 10.7. The maximum atomic E-state index is 5.77. The Morgan fingerprint density at radius 3 is 2.85 bits per heavy atom. The molecule has 0 saturated carbocycles. The Morgan fingerprint density at radius 2 is 2.05 bits per heavy atom. The zero-order valence-corrected chi connectivity index (χ0v) is 11.8. The molecule has 0 radical (unpaired) electrons. The van der Waals surface area contributed by atoms with E-state index < -0.39 is 0 Å². The quantitative estimate of drug-likeness (QED) is 0.930. The highest BCUT2D eigenvalue weighted by atomic mass is 16.5. The summed E-state index contributed by atoms with van der Waals surface area (Å²) in [5.74, 6) is 0.952. The van der Waals surface area contributed by atoms with Crippen molar-refractivity contribution in [3.05, 3.63) is 59.2 Å². The Morgan fingerprint density at radius 1 is 1.20 bits per heavy atom. The van der Waals surface area contributed by atoms with E-state index in [1.54, 1.807) is 0 Å². The normalized spacial score (nSPS) is 13.8. The first-order chi connectivity index (χ1) is 9.78. The van der Waals surface area contributed by atoms with Gasteiger partial charge in [-0.15, -0.1) is 0 Å². The van der Waals surface area contributed by atoms with E-state index in [1.165, 1.54) is 11.1 Å². The molecule has 1 aliphatic rings. The smallest absolute Gasteiger partial charge is 0.143 e. The Labute approximate surface area is 120 Å². The molecule has 0 aliphatic carbocycles. The van der Waals surface area contributed by atoms with Crippen molar-refractivity contribution in [3.8, 4) is 5.75 Å². The summed E-state index contributed by atoms with van der Waals surface area (Å²) in [4.78, 5) is 2.38. The van der Waals surface area contributed by atoms with Gasteiger partial charge in [0.2, 0.25) is 0 Å². The molecular weight excluding hydrogens is 248 g/mol. The zero-order valence-electron chi connectivity index (χ0n) is 11.8. The van der Waals surface area contributed by atoms with E-state index in [2.05, 4.69) is 54.3 Å². The van der Waals surface area contributed by atoms with Crippen LogP contribution in [0.2, 0.25) is 0 Å². The first-order valence-electron chi connectivity index (χ1n) is 7.03. The van der Waals surface area contributed by atoms with Crippen molar-refractivity contribution in [1.82, 2.24) is 0 Å². The molecule has 0 unspecified atom stereocenters. The van der Waals surface area contributed by atoms with Crippen molar-refractivity contribution >= 4 is 5.69 Å². The second-order valence-corrected chi connectivity index (χ2v) is 5.20. The first-order valence-corrected chi connectivity index (χ1v) is 7.03. The fraction of sp³-hybridized carbons (Fsp3) is 0.294. The van der Waals surface area contributed by atoms with E-state index in [1.807, 2.05) is 0 Å². The van der Waals surface area contributed by atoms with Gasteiger partial charge in [0, 0.05) is 13.1 Å². The average molecular weight is 268 g/mol. The van der Waals surface area contributed by atoms with Crippen molar-refractivity contribution in [2.75, 3.05) is 18.1 Å². The molecule has 0 aromatic heterocycles. The lowest BCUT2D eigenvalue weighted by Gasteiger charge is -2.32. The predicted molar refractivity (Wildman–Crippen MR) is 82.1 cm³/mol. The van der Waals surface area contributed by atoms with Gasteiger partial charge in [-0.05, 0) is 35.7 Å². The highest BCUT2D eigenvalue weighted by Gasteiger charge is 2.18. The fourth-order valence-electron chi connectivity index (χ4n) is 2.61. The molecule has 1 heterocycles. The fourth-order valence-corrected chi connectivity index (χ4v) is 2.61. The minimum atomic E-state index is 0.550. The molecule has 0 saturated heterocycles. The number of rotatable bonds is 3. The van der Waals surface area contributed by atoms with Gasteiger partial charge in [-0.25, -0.2) is 0 Å². The second-order valence-electron chi connectivity index (χ2n) is 5.20. The van der Waals surface area contributed by atoms with E-state index in [0.29, 0.717) is 6.54 Å². The minimum Gasteiger partial charge on any atom is -0.490 e. The zero-order chi connectivity index (χ0) is 13.9. The number of fused-ring (bicyclic) bond motifs is 1. The molecule has 0 atom stereocenters. The molecule has 3 nitrogen and oxygen atoms in total. The third kappa shape index (κ3) is 2.49. The van der Waals surface area contributed by atoms with Crippen LogP contribution in [0.5, 0.6) is 5.75 Å². The molecule has 0 spiro atoms. The Hall–Kier alpha value is -2.00. The molecule has 104 valence electrons. The number of anilines is 1. The largest absolute Gasteiger partial charge is 0.490 e. The molecule has 0 bridgehead atoms. The Kier molecular flexibility index (Phi) is 3.61. The summed E-state index contributed by atoms with van der Waals surface area (Å²) in [6, 6.07) is 14.8. The Bertz CT molecular complexity index is 610. The highest BCUT2D eigenvalue weighted by Crippen LogP contribution is 2.33. The molecular formula is C17H20N2O. The first kappa shape index (κ1) is 13.0. The number of ether oxygens (including phenoxy) is 1. The Balaban J connectivity index is 1.88. The van der Waals surface area contributed by atoms with E-state index >= 15 is 0 Å². The van der Waals surface area contributed by atoms with Gasteiger partial charge in [-0.1, -0.05) is 30.3 Å². The summed E-state index contributed by atoms with van der Waals surface area (Å²) >= 11 is 0. The lowest BCUT2D eigenvalue weighted by atomic mass is 10.1. The molecule has 20 heavy (non-hydrogen) atoms. The van der Waals surface area contributed by atoms with Gasteiger partial charge in [-0.3, -0.25) is 0 Å². The van der Waals surface area contributed by atoms with Gasteiger partial charge in [0.25, 0.3) is 0 Å². The highest BCUT2D eigenvalue weighted by molar-refractivity contribution is 5.61. The lowest BCUT2D eigenvalue weighted by molar-refractivity contribution is 0.306. The van der Waals surface area contributed by atoms with Gasteiger partial charge in [0.05, 0.1) is 12.2 Å². The summed E-state index contributed by atoms with van der Waals surface area (Å²) in [7, 11) is 0. The SMILES string of the molecule is Cc1ccccc1CN1CCOc2cc(CN)ccc21. The van der Waals surface area contributed by atoms with Crippen molar-refractivity contribution < 1.29 is 4.74 Å². The summed E-state index contributed by atoms with van der Waals surface area (Å²) in [6.45, 7) is 5.28. The molecule has 2 aromatic carbocycles. The minimum absolute atomic E-state index is 0.550. The van der Waals surface area contributed by atoms with Gasteiger partial charge < -0.3 is 15.4 Å². The number of hydrogen-bond donors (Lipinski definition) is 1. The van der Waals surface area contributed by atoms with Crippen molar-refractivity contribution in [3.63, 3.8) is 0 Å². The second kappa shape index (κ2) is 5.55. The van der Waals surface area contributed by atoms with Crippen LogP contribution in [0.1, 0.15) is 16.7 Å². The maximum Gasteiger partial charge on any atom is 0.143 e. The van der Waals surface area contributed by atoms with Gasteiger partial charge >= 0.3 is 0 Å². The number of benzene rings is 2. The third-order valence-electron chi connectivity index (χ3n) is 3.84. The van der Waals surface area contributed by atoms with E-state index in [4.69, 9.17) is 10.5 Å². The molecule has 1 aliphatic heterocycles. The van der Waals surface area contributed by atoms with E-state index in [0.717, 1.165) is 36.7 Å². The topological polar surface area (TPSA) is 38.5 Å². The van der Waals surface area contributed by atoms with E-state index in [9.17, 15) is 0 Å². The molecule has 2 aromatic rings. The van der Waals surface area contributed by atoms with Gasteiger partial charge in [-0.2, -0.15) is 0 Å². The summed E-state index contributed by atoms with van der Waals surface area (Å²) in [5, 5.41) is 0. The van der Waals surface area contributed by atoms with Crippen LogP contribution < -0.4 is 15.4 Å². The molecule has 0 fully saturated rings. The van der Waals surface area contributed by atoms with Crippen LogP contribution in [0.3, 0.4) is 0 Å². The van der Waals surface area contributed by atoms with Crippen LogP contribution in [0.15, 0.2) is 42.5 Å². The van der Waals surface area contributed by atoms with Crippen LogP contribution >= 0.6 is 0 Å². The van der Waals surface area contributed by atoms with Crippen molar-refractivity contribution in [2.45, 2.75) is 20.0 Å². The average Bonchev–Trinajstić information content (AvgIpc) is 2.49. The summed E-state index contributed by atoms with van der Waals surface area (Å²) in [6.07, 6.45) is 0. The molecule has 0 amide bonds. The number of aryl methyl sites for hydroxylation is 1. The number of nitrogens with two attached hydrogens (primary N) is 1. The molecule has 3 heteroatoms. The van der Waals surface area contributed by atoms with Crippen LogP contribution in [0.4, 0.5) is 5.69 Å². The van der Waals surface area contributed by atoms with Gasteiger partial charge in [0.1, 0.15) is 12.4 Å². The molecule has 2 N–H and O–H groups in total. The standard InChI is InChI=1S/C17H20N2O/c1-13-4-2-3-5-15(13)12-19-8-9-20-17-10-14(11-18)6-7-16(17)19/h2-7,10H,8-9,11-12,18H2,1H3. The predicted octanol–water partition coefficient (Wildman–Crippen LogP) is 2.85. The monoisotopic (exact) mass is 268 g/mol. The maximum absolute atomic E-state index is 5.77. The van der Waals surface area contributed by atoms with Crippen LogP contribution in [-0.4, -0.2) is 13.2 Å². The van der Waals surface area contributed by atoms with Crippen LogP contribution in [0.25, 0.3) is 0 Å². The van der Waals surface area contributed by atoms with Gasteiger partial charge in [0.15, 0.2) is 0 Å². The third-order valence-corrected chi connectivity index (χ3v) is 3.84. The lowest BCUT2D eigenvalue weighted by Crippen LogP contribution is -2.32. The number of nitrogens with zero attached hydrogens (tertiary/aromatic N) is 1. The number of hydrogen-bond acceptors (Lipinski definition) is 3. The van der Waals surface area contributed by atoms with Crippen LogP contribution in [-0.2, 0) is 13.1 Å². The van der Waals surface area contributed by atoms with E-state index in [-0.39, 0.29) is 0 Å². The van der Waals surface area contributed by atoms with Crippen molar-refractivity contribution in [2.24, 2.45) is 5.73 Å². The van der Waals surface area contributed by atoms with Crippen molar-refractivity contribution in [1.29, 1.82) is 0 Å². The molecule has 3 rings (SSSR count). The van der Waals surface area contributed by atoms with Crippen LogP contribution in [0, 0.1) is 6.92 Å². The summed E-state index contributed by atoms with van der Waals surface area (Å²) < 4.78 is 5.77.